The number of nitrogens with zero attached hydrogens (tertiary/aromatic N) is 4. The van der Waals surface area contributed by atoms with Crippen molar-refractivity contribution in [2.45, 2.75) is 26.2 Å². The van der Waals surface area contributed by atoms with E-state index in [2.05, 4.69) is 37.0 Å². The van der Waals surface area contributed by atoms with Crippen molar-refractivity contribution in [3.05, 3.63) is 65.4 Å². The van der Waals surface area contributed by atoms with E-state index in [4.69, 9.17) is 11.6 Å². The second-order valence-corrected chi connectivity index (χ2v) is 9.76. The molecule has 0 aliphatic carbocycles. The van der Waals surface area contributed by atoms with Crippen LogP contribution in [0.1, 0.15) is 35.3 Å². The number of rotatable bonds is 7. The normalized spacial score (nSPS) is 11.1. The largest absolute Gasteiger partial charge is 0.324 e. The van der Waals surface area contributed by atoms with E-state index in [1.165, 1.54) is 11.3 Å². The van der Waals surface area contributed by atoms with Crippen LogP contribution in [0.3, 0.4) is 0 Å². The van der Waals surface area contributed by atoms with Gasteiger partial charge in [-0.1, -0.05) is 29.5 Å². The number of alkyl halides is 1. The van der Waals surface area contributed by atoms with Gasteiger partial charge in [0.05, 0.1) is 17.7 Å². The lowest BCUT2D eigenvalue weighted by Crippen LogP contribution is -2.17. The maximum Gasteiger partial charge on any atom is 0.255 e. The molecule has 0 unspecified atom stereocenters. The Hall–Kier alpha value is -4.07. The third kappa shape index (κ3) is 5.59. The molecular formula is C25H22ClN7O2S. The summed E-state index contributed by atoms with van der Waals surface area (Å²) < 4.78 is 0. The average Bonchev–Trinajstić information content (AvgIpc) is 3.27. The van der Waals surface area contributed by atoms with Gasteiger partial charge in [0.25, 0.3) is 5.91 Å². The maximum atomic E-state index is 12.9. The van der Waals surface area contributed by atoms with E-state index >= 15 is 0 Å². The van der Waals surface area contributed by atoms with Crippen LogP contribution in [0.4, 0.5) is 22.5 Å². The summed E-state index contributed by atoms with van der Waals surface area (Å²) in [5.41, 5.74) is 3.30. The minimum absolute atomic E-state index is 0.163. The fourth-order valence-electron chi connectivity index (χ4n) is 3.27. The molecular weight excluding hydrogens is 498 g/mol. The summed E-state index contributed by atoms with van der Waals surface area (Å²) >= 11 is 6.74. The van der Waals surface area contributed by atoms with E-state index in [1.54, 1.807) is 36.5 Å². The molecule has 4 rings (SSSR count). The Bertz CT molecular complexity index is 1510. The van der Waals surface area contributed by atoms with Crippen LogP contribution in [-0.4, -0.2) is 32.6 Å². The number of benzene rings is 2. The number of fused-ring (bicyclic) bond motifs is 1. The van der Waals surface area contributed by atoms with Gasteiger partial charge in [-0.25, -0.2) is 9.97 Å². The first-order valence-corrected chi connectivity index (χ1v) is 12.2. The lowest BCUT2D eigenvalue weighted by molar-refractivity contribution is -0.113. The first-order chi connectivity index (χ1) is 17.2. The quantitative estimate of drug-likeness (QED) is 0.279. The Morgan fingerprint density at radius 3 is 2.69 bits per heavy atom. The molecule has 0 saturated heterocycles. The first-order valence-electron chi connectivity index (χ1n) is 10.9. The van der Waals surface area contributed by atoms with Crippen molar-refractivity contribution in [2.24, 2.45) is 0 Å². The minimum atomic E-state index is -0.702. The fourth-order valence-corrected chi connectivity index (χ4v) is 4.17. The van der Waals surface area contributed by atoms with Crippen molar-refractivity contribution in [1.82, 2.24) is 15.0 Å². The molecule has 0 spiro atoms. The number of hydrogen-bond donors (Lipinski definition) is 3. The zero-order valence-electron chi connectivity index (χ0n) is 19.7. The number of nitrogens with one attached hydrogen (secondary N) is 3. The molecule has 0 radical (unpaired) electrons. The van der Waals surface area contributed by atoms with Crippen molar-refractivity contribution in [2.75, 3.05) is 21.8 Å². The average molecular weight is 520 g/mol. The number of anilines is 4. The van der Waals surface area contributed by atoms with Crippen LogP contribution in [0.15, 0.2) is 48.7 Å². The molecule has 182 valence electrons. The van der Waals surface area contributed by atoms with E-state index in [1.807, 2.05) is 32.9 Å². The monoisotopic (exact) mass is 519 g/mol. The molecule has 36 heavy (non-hydrogen) atoms. The Morgan fingerprint density at radius 2 is 1.94 bits per heavy atom. The Balaban J connectivity index is 1.52. The number of nitriles is 1. The number of halogens is 1. The van der Waals surface area contributed by atoms with E-state index in [9.17, 15) is 14.9 Å². The predicted molar refractivity (Wildman–Crippen MR) is 142 cm³/mol. The van der Waals surface area contributed by atoms with Crippen LogP contribution >= 0.6 is 22.9 Å². The summed E-state index contributed by atoms with van der Waals surface area (Å²) in [5, 5.41) is 18.5. The number of carbonyl (C=O) groups is 2. The van der Waals surface area contributed by atoms with Gasteiger partial charge in [0.1, 0.15) is 11.4 Å². The van der Waals surface area contributed by atoms with Crippen molar-refractivity contribution in [3.63, 3.8) is 0 Å². The van der Waals surface area contributed by atoms with Crippen molar-refractivity contribution in [3.8, 4) is 6.07 Å². The molecule has 0 aliphatic rings. The van der Waals surface area contributed by atoms with Gasteiger partial charge in [-0.15, -0.1) is 11.6 Å². The van der Waals surface area contributed by atoms with Gasteiger partial charge in [0.2, 0.25) is 11.9 Å². The predicted octanol–water partition coefficient (Wildman–Crippen LogP) is 5.37. The molecule has 9 nitrogen and oxygen atoms in total. The molecule has 0 saturated carbocycles. The zero-order chi connectivity index (χ0) is 25.9. The molecule has 0 fully saturated rings. The minimum Gasteiger partial charge on any atom is -0.324 e. The molecule has 3 N–H and O–H groups in total. The smallest absolute Gasteiger partial charge is 0.255 e. The third-order valence-corrected chi connectivity index (χ3v) is 6.51. The SMILES string of the molecule is Cc1ccc(NC(=O)c2cccc(C(C)(C)C#N)c2)cc1Nc1ncc2nc(NC(=O)CCl)sc2n1. The fraction of sp³-hybridized carbons (Fsp3) is 0.200. The van der Waals surface area contributed by atoms with E-state index < -0.39 is 5.41 Å². The van der Waals surface area contributed by atoms with Gasteiger partial charge in [0, 0.05) is 16.9 Å². The maximum absolute atomic E-state index is 12.9. The number of aromatic nitrogens is 3. The molecule has 2 amide bonds. The van der Waals surface area contributed by atoms with Crippen LogP contribution in [-0.2, 0) is 10.2 Å². The van der Waals surface area contributed by atoms with Gasteiger partial charge in [-0.3, -0.25) is 9.59 Å². The highest BCUT2D eigenvalue weighted by Crippen LogP contribution is 2.28. The second kappa shape index (κ2) is 10.3. The number of amides is 2. The Labute approximate surface area is 216 Å². The van der Waals surface area contributed by atoms with Gasteiger partial charge >= 0.3 is 0 Å². The van der Waals surface area contributed by atoms with Crippen LogP contribution in [0.25, 0.3) is 10.3 Å². The summed E-state index contributed by atoms with van der Waals surface area (Å²) in [6.45, 7) is 5.54. The van der Waals surface area contributed by atoms with Gasteiger partial charge < -0.3 is 16.0 Å². The van der Waals surface area contributed by atoms with Gasteiger partial charge in [0.15, 0.2) is 9.96 Å². The van der Waals surface area contributed by atoms with Crippen molar-refractivity contribution >= 4 is 67.6 Å². The highest BCUT2D eigenvalue weighted by molar-refractivity contribution is 7.22. The Morgan fingerprint density at radius 1 is 1.14 bits per heavy atom. The number of hydrogen-bond acceptors (Lipinski definition) is 8. The van der Waals surface area contributed by atoms with Crippen molar-refractivity contribution < 1.29 is 9.59 Å². The molecule has 2 aromatic carbocycles. The highest BCUT2D eigenvalue weighted by atomic mass is 35.5. The first kappa shape index (κ1) is 25.0. The molecule has 0 atom stereocenters. The van der Waals surface area contributed by atoms with Crippen LogP contribution < -0.4 is 16.0 Å². The van der Waals surface area contributed by atoms with Gasteiger partial charge in [-0.05, 0) is 56.2 Å². The zero-order valence-corrected chi connectivity index (χ0v) is 21.3. The summed E-state index contributed by atoms with van der Waals surface area (Å²) in [7, 11) is 0. The summed E-state index contributed by atoms with van der Waals surface area (Å²) in [6, 6.07) is 14.8. The summed E-state index contributed by atoms with van der Waals surface area (Å²) in [6.07, 6.45) is 1.56. The molecule has 2 aromatic heterocycles. The molecule has 0 aliphatic heterocycles. The number of thiazole rings is 1. The van der Waals surface area contributed by atoms with Crippen molar-refractivity contribution in [1.29, 1.82) is 5.26 Å². The van der Waals surface area contributed by atoms with E-state index in [0.717, 1.165) is 11.1 Å². The number of aryl methyl sites for hydroxylation is 1. The molecule has 11 heteroatoms. The molecule has 0 bridgehead atoms. The molecule has 4 aromatic rings. The highest BCUT2D eigenvalue weighted by Gasteiger charge is 2.21. The third-order valence-electron chi connectivity index (χ3n) is 5.39. The number of carbonyl (C=O) groups excluding carboxylic acids is 2. The van der Waals surface area contributed by atoms with Crippen LogP contribution in [0.2, 0.25) is 0 Å². The van der Waals surface area contributed by atoms with Gasteiger partial charge in [-0.2, -0.15) is 10.2 Å². The topological polar surface area (TPSA) is 133 Å². The lowest BCUT2D eigenvalue weighted by atomic mass is 9.85. The Kier molecular flexibility index (Phi) is 7.15. The van der Waals surface area contributed by atoms with Crippen LogP contribution in [0, 0.1) is 18.3 Å². The second-order valence-electron chi connectivity index (χ2n) is 8.51. The lowest BCUT2D eigenvalue weighted by Gasteiger charge is -2.17. The summed E-state index contributed by atoms with van der Waals surface area (Å²) in [4.78, 5) is 38.1. The van der Waals surface area contributed by atoms with E-state index in [-0.39, 0.29) is 17.7 Å². The van der Waals surface area contributed by atoms with E-state index in [0.29, 0.717) is 38.4 Å². The van der Waals surface area contributed by atoms with Crippen LogP contribution in [0.5, 0.6) is 0 Å². The molecule has 2 heterocycles. The standard InChI is InChI=1S/C25H22ClN7O2S/c1-14-7-8-17(29-21(35)15-5-4-6-16(9-15)25(2,3)13-27)10-18(14)30-23-28-12-19-22(33-23)36-24(31-19)32-20(34)11-26/h4-10,12H,11H2,1-3H3,(H,29,35)(H,28,30,33)(H,31,32,34). The summed E-state index contributed by atoms with van der Waals surface area (Å²) in [5.74, 6) is -0.449.